The fourth-order valence-corrected chi connectivity index (χ4v) is 2.22. The van der Waals surface area contributed by atoms with Crippen molar-refractivity contribution in [2.24, 2.45) is 0 Å². The average Bonchev–Trinajstić information content (AvgIpc) is 2.84. The molecule has 0 bridgehead atoms. The number of amides is 1. The molecule has 0 aliphatic rings. The number of aryl methyl sites for hydroxylation is 1. The van der Waals surface area contributed by atoms with Gasteiger partial charge in [-0.3, -0.25) is 4.79 Å². The number of hydrogen-bond donors (Lipinski definition) is 2. The third kappa shape index (κ3) is 3.61. The van der Waals surface area contributed by atoms with E-state index in [-0.39, 0.29) is 5.91 Å². The van der Waals surface area contributed by atoms with E-state index in [9.17, 15) is 4.79 Å². The summed E-state index contributed by atoms with van der Waals surface area (Å²) in [5.41, 5.74) is 2.47. The molecular weight excluding hydrogens is 250 g/mol. The molecule has 0 radical (unpaired) electrons. The van der Waals surface area contributed by atoms with E-state index in [0.717, 1.165) is 6.54 Å². The van der Waals surface area contributed by atoms with Crippen LogP contribution < -0.4 is 10.6 Å². The summed E-state index contributed by atoms with van der Waals surface area (Å²) in [5, 5.41) is 7.30. The molecule has 0 spiro atoms. The van der Waals surface area contributed by atoms with Gasteiger partial charge >= 0.3 is 0 Å². The zero-order valence-corrected chi connectivity index (χ0v) is 12.4. The van der Waals surface area contributed by atoms with Crippen molar-refractivity contribution in [1.82, 2.24) is 15.2 Å². The molecule has 2 N–H and O–H groups in total. The van der Waals surface area contributed by atoms with E-state index in [2.05, 4.69) is 53.3 Å². The first kappa shape index (κ1) is 14.6. The molecule has 1 amide bonds. The van der Waals surface area contributed by atoms with E-state index in [4.69, 9.17) is 0 Å². The van der Waals surface area contributed by atoms with Gasteiger partial charge in [-0.15, -0.1) is 0 Å². The van der Waals surface area contributed by atoms with Gasteiger partial charge in [0, 0.05) is 44.3 Å². The van der Waals surface area contributed by atoms with Gasteiger partial charge in [0.2, 0.25) is 5.91 Å². The van der Waals surface area contributed by atoms with Crippen LogP contribution in [0.1, 0.15) is 25.8 Å². The van der Waals surface area contributed by atoms with Crippen LogP contribution in [-0.2, 0) is 17.9 Å². The lowest BCUT2D eigenvalue weighted by atomic mass is 10.1. The number of benzene rings is 1. The molecule has 20 heavy (non-hydrogen) atoms. The van der Waals surface area contributed by atoms with Crippen LogP contribution in [0.15, 0.2) is 30.5 Å². The molecule has 0 unspecified atom stereocenters. The van der Waals surface area contributed by atoms with Crippen molar-refractivity contribution in [2.45, 2.75) is 39.4 Å². The minimum Gasteiger partial charge on any atom is -0.359 e. The Kier molecular flexibility index (Phi) is 4.79. The van der Waals surface area contributed by atoms with Crippen LogP contribution in [0.2, 0.25) is 0 Å². The molecule has 0 fully saturated rings. The minimum absolute atomic E-state index is 0.0737. The highest BCUT2D eigenvalue weighted by Gasteiger charge is 2.04. The highest BCUT2D eigenvalue weighted by Crippen LogP contribution is 2.18. The third-order valence-corrected chi connectivity index (χ3v) is 3.41. The first-order valence-corrected chi connectivity index (χ1v) is 7.12. The lowest BCUT2D eigenvalue weighted by Crippen LogP contribution is -2.21. The van der Waals surface area contributed by atoms with Gasteiger partial charge in [0.05, 0.1) is 0 Å². The van der Waals surface area contributed by atoms with Crippen LogP contribution in [0.3, 0.4) is 0 Å². The fourth-order valence-electron chi connectivity index (χ4n) is 2.22. The number of carbonyl (C=O) groups excluding carboxylic acids is 1. The molecule has 0 saturated heterocycles. The highest BCUT2D eigenvalue weighted by molar-refractivity contribution is 5.81. The number of aromatic nitrogens is 1. The Morgan fingerprint density at radius 1 is 1.30 bits per heavy atom. The zero-order valence-electron chi connectivity index (χ0n) is 12.4. The first-order chi connectivity index (χ1) is 9.60. The Morgan fingerprint density at radius 3 is 2.80 bits per heavy atom. The Balaban J connectivity index is 2.10. The minimum atomic E-state index is 0.0737. The second-order valence-electron chi connectivity index (χ2n) is 5.36. The maximum absolute atomic E-state index is 11.3. The van der Waals surface area contributed by atoms with Crippen molar-refractivity contribution in [3.63, 3.8) is 0 Å². The van der Waals surface area contributed by atoms with Crippen molar-refractivity contribution in [1.29, 1.82) is 0 Å². The molecule has 0 aliphatic heterocycles. The highest BCUT2D eigenvalue weighted by atomic mass is 16.1. The van der Waals surface area contributed by atoms with Gasteiger partial charge < -0.3 is 15.2 Å². The molecule has 1 heterocycles. The fraction of sp³-hybridized carbons (Fsp3) is 0.438. The monoisotopic (exact) mass is 273 g/mol. The molecule has 4 heteroatoms. The van der Waals surface area contributed by atoms with Gasteiger partial charge in [0.15, 0.2) is 0 Å². The lowest BCUT2D eigenvalue weighted by Gasteiger charge is -2.09. The largest absolute Gasteiger partial charge is 0.359 e. The molecular formula is C16H23N3O. The molecule has 108 valence electrons. The Morgan fingerprint density at radius 2 is 2.10 bits per heavy atom. The van der Waals surface area contributed by atoms with Gasteiger partial charge in [-0.1, -0.05) is 19.9 Å². The van der Waals surface area contributed by atoms with Crippen LogP contribution >= 0.6 is 0 Å². The summed E-state index contributed by atoms with van der Waals surface area (Å²) >= 11 is 0. The van der Waals surface area contributed by atoms with Gasteiger partial charge in [0.1, 0.15) is 0 Å². The van der Waals surface area contributed by atoms with Crippen molar-refractivity contribution < 1.29 is 4.79 Å². The number of nitrogens with one attached hydrogen (secondary N) is 2. The van der Waals surface area contributed by atoms with Crippen molar-refractivity contribution >= 4 is 16.8 Å². The van der Waals surface area contributed by atoms with Crippen LogP contribution in [-0.4, -0.2) is 23.6 Å². The second kappa shape index (κ2) is 6.57. The Hall–Kier alpha value is -1.81. The smallest absolute Gasteiger partial charge is 0.221 e. The van der Waals surface area contributed by atoms with Crippen molar-refractivity contribution in [2.75, 3.05) is 7.05 Å². The molecule has 4 nitrogen and oxygen atoms in total. The van der Waals surface area contributed by atoms with E-state index in [1.165, 1.54) is 16.5 Å². The molecule has 0 aliphatic carbocycles. The quantitative estimate of drug-likeness (QED) is 0.848. The van der Waals surface area contributed by atoms with Crippen LogP contribution in [0.4, 0.5) is 0 Å². The number of nitrogens with zero attached hydrogens (tertiary/aromatic N) is 1. The SMILES string of the molecule is CNC(=O)CCn1ccc2cc(CNC(C)C)ccc21. The summed E-state index contributed by atoms with van der Waals surface area (Å²) in [5.74, 6) is 0.0737. The predicted octanol–water partition coefficient (Wildman–Crippen LogP) is 2.28. The van der Waals surface area contributed by atoms with E-state index >= 15 is 0 Å². The van der Waals surface area contributed by atoms with Crippen LogP contribution in [0.25, 0.3) is 10.9 Å². The number of hydrogen-bond acceptors (Lipinski definition) is 2. The third-order valence-electron chi connectivity index (χ3n) is 3.41. The summed E-state index contributed by atoms with van der Waals surface area (Å²) in [6, 6.07) is 9.09. The number of rotatable bonds is 6. The van der Waals surface area contributed by atoms with Gasteiger partial charge in [-0.2, -0.15) is 0 Å². The molecule has 1 aromatic carbocycles. The zero-order chi connectivity index (χ0) is 14.5. The van der Waals surface area contributed by atoms with Crippen molar-refractivity contribution in [3.8, 4) is 0 Å². The summed E-state index contributed by atoms with van der Waals surface area (Å²) in [6.07, 6.45) is 2.56. The molecule has 2 aromatic rings. The van der Waals surface area contributed by atoms with Crippen LogP contribution in [0.5, 0.6) is 0 Å². The normalized spacial score (nSPS) is 11.2. The van der Waals surface area contributed by atoms with Gasteiger partial charge in [-0.05, 0) is 29.1 Å². The van der Waals surface area contributed by atoms with Crippen molar-refractivity contribution in [3.05, 3.63) is 36.0 Å². The average molecular weight is 273 g/mol. The molecule has 0 atom stereocenters. The topological polar surface area (TPSA) is 46.1 Å². The van der Waals surface area contributed by atoms with E-state index in [1.54, 1.807) is 7.05 Å². The lowest BCUT2D eigenvalue weighted by molar-refractivity contribution is -0.120. The standard InChI is InChI=1S/C16H23N3O/c1-12(2)18-11-13-4-5-15-14(10-13)6-8-19(15)9-7-16(20)17-3/h4-6,8,10,12,18H,7,9,11H2,1-3H3,(H,17,20). The molecule has 1 aromatic heterocycles. The maximum atomic E-state index is 11.3. The van der Waals surface area contributed by atoms with Crippen LogP contribution in [0, 0.1) is 0 Å². The molecule has 0 saturated carbocycles. The summed E-state index contributed by atoms with van der Waals surface area (Å²) < 4.78 is 2.13. The predicted molar refractivity (Wildman–Crippen MR) is 82.6 cm³/mol. The molecule has 2 rings (SSSR count). The van der Waals surface area contributed by atoms with E-state index in [0.29, 0.717) is 19.0 Å². The van der Waals surface area contributed by atoms with E-state index < -0.39 is 0 Å². The Bertz CT molecular complexity index is 586. The Labute approximate surface area is 120 Å². The summed E-state index contributed by atoms with van der Waals surface area (Å²) in [7, 11) is 1.67. The maximum Gasteiger partial charge on any atom is 0.221 e. The van der Waals surface area contributed by atoms with E-state index in [1.807, 2.05) is 6.20 Å². The number of fused-ring (bicyclic) bond motifs is 1. The van der Waals surface area contributed by atoms with Gasteiger partial charge in [-0.25, -0.2) is 0 Å². The van der Waals surface area contributed by atoms with Gasteiger partial charge in [0.25, 0.3) is 0 Å². The number of carbonyl (C=O) groups is 1. The second-order valence-corrected chi connectivity index (χ2v) is 5.36. The first-order valence-electron chi connectivity index (χ1n) is 7.12. The summed E-state index contributed by atoms with van der Waals surface area (Å²) in [4.78, 5) is 11.3. The summed E-state index contributed by atoms with van der Waals surface area (Å²) in [6.45, 7) is 5.89.